The average molecular weight is 248 g/mol. The summed E-state index contributed by atoms with van der Waals surface area (Å²) in [5.41, 5.74) is 6.72. The summed E-state index contributed by atoms with van der Waals surface area (Å²) in [6, 6.07) is 2.49. The van der Waals surface area contributed by atoms with Crippen molar-refractivity contribution in [1.82, 2.24) is 14.9 Å². The van der Waals surface area contributed by atoms with Crippen LogP contribution in [0, 0.1) is 6.92 Å². The largest absolute Gasteiger partial charge is 0.384 e. The zero-order valence-corrected chi connectivity index (χ0v) is 11.5. The maximum atomic E-state index is 5.77. The van der Waals surface area contributed by atoms with E-state index >= 15 is 0 Å². The molecule has 18 heavy (non-hydrogen) atoms. The predicted octanol–water partition coefficient (Wildman–Crippen LogP) is 2.52. The zero-order chi connectivity index (χ0) is 13.0. The molecule has 0 radical (unpaired) electrons. The van der Waals surface area contributed by atoms with Gasteiger partial charge in [0.25, 0.3) is 0 Å². The monoisotopic (exact) mass is 248 g/mol. The Morgan fingerprint density at radius 3 is 2.50 bits per heavy atom. The van der Waals surface area contributed by atoms with Gasteiger partial charge in [-0.25, -0.2) is 9.97 Å². The second-order valence-corrected chi connectivity index (χ2v) is 5.41. The molecule has 1 aliphatic rings. The van der Waals surface area contributed by atoms with Crippen molar-refractivity contribution in [3.63, 3.8) is 0 Å². The van der Waals surface area contributed by atoms with Gasteiger partial charge in [0.15, 0.2) is 0 Å². The van der Waals surface area contributed by atoms with E-state index in [4.69, 9.17) is 5.73 Å². The lowest BCUT2D eigenvalue weighted by Crippen LogP contribution is -2.31. The first-order valence-electron chi connectivity index (χ1n) is 6.95. The molecule has 4 heteroatoms. The Morgan fingerprint density at radius 1 is 1.22 bits per heavy atom. The lowest BCUT2D eigenvalue weighted by atomic mass is 10.1. The minimum Gasteiger partial charge on any atom is -0.384 e. The molecule has 0 amide bonds. The quantitative estimate of drug-likeness (QED) is 0.835. The van der Waals surface area contributed by atoms with E-state index in [-0.39, 0.29) is 0 Å². The molecule has 0 spiro atoms. The molecular weight excluding hydrogens is 224 g/mol. The number of nitrogens with two attached hydrogens (primary N) is 1. The molecule has 0 aromatic carbocycles. The Kier molecular flexibility index (Phi) is 4.53. The van der Waals surface area contributed by atoms with Gasteiger partial charge in [0.05, 0.1) is 6.54 Å². The van der Waals surface area contributed by atoms with Gasteiger partial charge in [-0.3, -0.25) is 4.90 Å². The van der Waals surface area contributed by atoms with E-state index < -0.39 is 0 Å². The number of nitrogen functional groups attached to an aromatic ring is 1. The van der Waals surface area contributed by atoms with Gasteiger partial charge >= 0.3 is 0 Å². The van der Waals surface area contributed by atoms with E-state index in [9.17, 15) is 0 Å². The minimum atomic E-state index is 0.576. The number of hydrogen-bond acceptors (Lipinski definition) is 4. The van der Waals surface area contributed by atoms with Crippen LogP contribution in [0.15, 0.2) is 6.07 Å². The van der Waals surface area contributed by atoms with Gasteiger partial charge in [0, 0.05) is 17.8 Å². The Balaban J connectivity index is 1.98. The first-order valence-corrected chi connectivity index (χ1v) is 6.95. The van der Waals surface area contributed by atoms with Crippen LogP contribution in [0.4, 0.5) is 5.82 Å². The van der Waals surface area contributed by atoms with Crippen LogP contribution in [-0.4, -0.2) is 28.0 Å². The van der Waals surface area contributed by atoms with Crippen molar-refractivity contribution in [2.45, 2.75) is 58.0 Å². The maximum Gasteiger partial charge on any atom is 0.144 e. The first-order chi connectivity index (χ1) is 8.65. The highest BCUT2D eigenvalue weighted by Gasteiger charge is 2.17. The van der Waals surface area contributed by atoms with E-state index in [1.165, 1.54) is 38.5 Å². The number of anilines is 1. The highest BCUT2D eigenvalue weighted by Crippen LogP contribution is 2.21. The molecule has 1 saturated carbocycles. The van der Waals surface area contributed by atoms with Crippen molar-refractivity contribution in [1.29, 1.82) is 0 Å². The molecule has 2 N–H and O–H groups in total. The van der Waals surface area contributed by atoms with Crippen molar-refractivity contribution in [2.75, 3.05) is 12.8 Å². The molecule has 4 nitrogen and oxygen atoms in total. The van der Waals surface area contributed by atoms with Crippen LogP contribution >= 0.6 is 0 Å². The molecule has 0 aliphatic heterocycles. The van der Waals surface area contributed by atoms with Gasteiger partial charge in [0.1, 0.15) is 11.6 Å². The average Bonchev–Trinajstić information content (AvgIpc) is 2.55. The molecule has 1 heterocycles. The van der Waals surface area contributed by atoms with E-state index in [2.05, 4.69) is 21.9 Å². The zero-order valence-electron chi connectivity index (χ0n) is 11.5. The Bertz CT molecular complexity index is 363. The molecule has 1 aromatic heterocycles. The van der Waals surface area contributed by atoms with Crippen LogP contribution in [0.25, 0.3) is 0 Å². The third-order valence-electron chi connectivity index (χ3n) is 3.76. The normalized spacial score (nSPS) is 17.9. The van der Waals surface area contributed by atoms with Gasteiger partial charge in [-0.15, -0.1) is 0 Å². The molecule has 100 valence electrons. The van der Waals surface area contributed by atoms with Crippen LogP contribution in [-0.2, 0) is 6.54 Å². The van der Waals surface area contributed by atoms with Crippen LogP contribution < -0.4 is 5.73 Å². The van der Waals surface area contributed by atoms with Crippen molar-refractivity contribution in [2.24, 2.45) is 0 Å². The van der Waals surface area contributed by atoms with Crippen LogP contribution in [0.3, 0.4) is 0 Å². The van der Waals surface area contributed by atoms with E-state index in [0.717, 1.165) is 18.1 Å². The summed E-state index contributed by atoms with van der Waals surface area (Å²) in [6.45, 7) is 2.77. The molecule has 1 fully saturated rings. The first kappa shape index (κ1) is 13.3. The summed E-state index contributed by atoms with van der Waals surface area (Å²) in [5.74, 6) is 1.42. The summed E-state index contributed by atoms with van der Waals surface area (Å²) in [7, 11) is 2.18. The minimum absolute atomic E-state index is 0.576. The number of aryl methyl sites for hydroxylation is 1. The highest BCUT2D eigenvalue weighted by atomic mass is 15.2. The van der Waals surface area contributed by atoms with Crippen molar-refractivity contribution < 1.29 is 0 Å². The highest BCUT2D eigenvalue weighted by molar-refractivity contribution is 5.29. The van der Waals surface area contributed by atoms with Gasteiger partial charge in [-0.1, -0.05) is 25.7 Å². The van der Waals surface area contributed by atoms with Crippen molar-refractivity contribution in [3.8, 4) is 0 Å². The number of aromatic nitrogens is 2. The van der Waals surface area contributed by atoms with Gasteiger partial charge < -0.3 is 5.73 Å². The maximum absolute atomic E-state index is 5.77. The molecule has 2 rings (SSSR count). The lowest BCUT2D eigenvalue weighted by molar-refractivity contribution is 0.208. The summed E-state index contributed by atoms with van der Waals surface area (Å²) in [5, 5.41) is 0. The fraction of sp³-hybridized carbons (Fsp3) is 0.714. The number of nitrogens with zero attached hydrogens (tertiary/aromatic N) is 3. The molecular formula is C14H24N4. The summed E-state index contributed by atoms with van der Waals surface area (Å²) in [6.07, 6.45) is 8.09. The Labute approximate surface area is 110 Å². The molecule has 0 saturated heterocycles. The second kappa shape index (κ2) is 6.14. The van der Waals surface area contributed by atoms with Crippen molar-refractivity contribution in [3.05, 3.63) is 17.6 Å². The predicted molar refractivity (Wildman–Crippen MR) is 74.1 cm³/mol. The SMILES string of the molecule is Cc1cc(N)nc(CN(C)C2CCCCCC2)n1. The summed E-state index contributed by atoms with van der Waals surface area (Å²) < 4.78 is 0. The van der Waals surface area contributed by atoms with Gasteiger partial charge in [-0.2, -0.15) is 0 Å². The van der Waals surface area contributed by atoms with Gasteiger partial charge in [-0.05, 0) is 26.8 Å². The van der Waals surface area contributed by atoms with Crippen molar-refractivity contribution >= 4 is 5.82 Å². The third-order valence-corrected chi connectivity index (χ3v) is 3.76. The van der Waals surface area contributed by atoms with Crippen LogP contribution in [0.1, 0.15) is 50.0 Å². The molecule has 1 aliphatic carbocycles. The fourth-order valence-corrected chi connectivity index (χ4v) is 2.78. The molecule has 0 bridgehead atoms. The van der Waals surface area contributed by atoms with E-state index in [1.54, 1.807) is 0 Å². The van der Waals surface area contributed by atoms with Crippen LogP contribution in [0.5, 0.6) is 0 Å². The molecule has 0 unspecified atom stereocenters. The lowest BCUT2D eigenvalue weighted by Gasteiger charge is -2.26. The van der Waals surface area contributed by atoms with E-state index in [0.29, 0.717) is 11.9 Å². The number of hydrogen-bond donors (Lipinski definition) is 1. The second-order valence-electron chi connectivity index (χ2n) is 5.41. The molecule has 0 atom stereocenters. The van der Waals surface area contributed by atoms with E-state index in [1.807, 2.05) is 13.0 Å². The Hall–Kier alpha value is -1.16. The fourth-order valence-electron chi connectivity index (χ4n) is 2.78. The Morgan fingerprint density at radius 2 is 1.89 bits per heavy atom. The summed E-state index contributed by atoms with van der Waals surface area (Å²) >= 11 is 0. The topological polar surface area (TPSA) is 55.0 Å². The summed E-state index contributed by atoms with van der Waals surface area (Å²) in [4.78, 5) is 11.2. The smallest absolute Gasteiger partial charge is 0.144 e. The molecule has 1 aromatic rings. The van der Waals surface area contributed by atoms with Crippen LogP contribution in [0.2, 0.25) is 0 Å². The van der Waals surface area contributed by atoms with Gasteiger partial charge in [0.2, 0.25) is 0 Å². The number of rotatable bonds is 3. The standard InChI is InChI=1S/C14H24N4/c1-11-9-13(15)17-14(16-11)10-18(2)12-7-5-3-4-6-8-12/h9,12H,3-8,10H2,1-2H3,(H2,15,16,17). The third kappa shape index (κ3) is 3.67.